The number of azide groups is 1. The molecule has 0 bridgehead atoms. The number of ketones is 1. The van der Waals surface area contributed by atoms with Crippen molar-refractivity contribution in [2.24, 2.45) is 5.11 Å². The highest BCUT2D eigenvalue weighted by Crippen LogP contribution is 2.07. The minimum Gasteiger partial charge on any atom is -0.480 e. The Kier molecular flexibility index (Phi) is 7.07. The lowest BCUT2D eigenvalue weighted by Gasteiger charge is -2.21. The van der Waals surface area contributed by atoms with Crippen LogP contribution in [0.4, 0.5) is 0 Å². The maximum absolute atomic E-state index is 11.2. The first-order chi connectivity index (χ1) is 8.84. The second-order valence-corrected chi connectivity index (χ2v) is 3.32. The van der Waals surface area contributed by atoms with Crippen LogP contribution in [0.5, 0.6) is 0 Å². The van der Waals surface area contributed by atoms with Gasteiger partial charge < -0.3 is 25.7 Å². The Morgan fingerprint density at radius 3 is 2.32 bits per heavy atom. The summed E-state index contributed by atoms with van der Waals surface area (Å²) in [6.45, 7) is -1.87. The highest BCUT2D eigenvalue weighted by molar-refractivity contribution is 5.89. The minimum atomic E-state index is -2.19. The van der Waals surface area contributed by atoms with Gasteiger partial charge in [0.15, 0.2) is 11.9 Å². The monoisotopic (exact) mass is 276 g/mol. The molecule has 0 aliphatic heterocycles. The molecule has 11 nitrogen and oxygen atoms in total. The van der Waals surface area contributed by atoms with Crippen LogP contribution < -0.4 is 5.32 Å². The van der Waals surface area contributed by atoms with Gasteiger partial charge in [-0.3, -0.25) is 14.4 Å². The predicted octanol–water partition coefficient (Wildman–Crippen LogP) is -2.85. The third-order valence-corrected chi connectivity index (χ3v) is 1.99. The molecule has 0 rings (SSSR count). The number of nitrogens with zero attached hydrogens (tertiary/aromatic N) is 3. The van der Waals surface area contributed by atoms with Gasteiger partial charge in [-0.2, -0.15) is 0 Å². The molecular formula is C8H12N4O7. The minimum absolute atomic E-state index is 0.803. The third-order valence-electron chi connectivity index (χ3n) is 1.99. The number of hydrogen-bond acceptors (Lipinski definition) is 7. The number of aliphatic carboxylic acids is 1. The van der Waals surface area contributed by atoms with Crippen molar-refractivity contribution in [2.45, 2.75) is 18.2 Å². The molecular weight excluding hydrogens is 264 g/mol. The summed E-state index contributed by atoms with van der Waals surface area (Å²) in [5, 5.41) is 40.3. The van der Waals surface area contributed by atoms with Crippen molar-refractivity contribution >= 4 is 17.7 Å². The topological polar surface area (TPSA) is 193 Å². The fourth-order valence-electron chi connectivity index (χ4n) is 1.07. The largest absolute Gasteiger partial charge is 0.480 e. The number of aliphatic hydroxyl groups is 3. The number of rotatable bonds is 8. The van der Waals surface area contributed by atoms with Crippen molar-refractivity contribution in [3.8, 4) is 0 Å². The van der Waals surface area contributed by atoms with Crippen LogP contribution in [0.3, 0.4) is 0 Å². The fraction of sp³-hybridized carbons (Fsp3) is 0.625. The standard InChI is InChI=1S/C8H12N4O7/c9-12-11-5(3(14)2-13)6(17)7(18)8(19)10-1-4(15)16/h5-7,13,17-18H,1-2H2,(H,10,19)(H,15,16)/t5-,6-,7+/m0/s1. The van der Waals surface area contributed by atoms with Crippen molar-refractivity contribution in [2.75, 3.05) is 13.2 Å². The molecule has 0 fully saturated rings. The molecule has 0 aromatic rings. The molecule has 0 spiro atoms. The van der Waals surface area contributed by atoms with Gasteiger partial charge >= 0.3 is 5.97 Å². The van der Waals surface area contributed by atoms with E-state index in [1.165, 1.54) is 0 Å². The second-order valence-electron chi connectivity index (χ2n) is 3.32. The summed E-state index contributed by atoms with van der Waals surface area (Å²) in [4.78, 5) is 34.8. The molecule has 1 amide bonds. The highest BCUT2D eigenvalue weighted by Gasteiger charge is 2.34. The van der Waals surface area contributed by atoms with Crippen LogP contribution in [-0.2, 0) is 14.4 Å². The summed E-state index contributed by atoms with van der Waals surface area (Å²) in [6.07, 6.45) is -4.30. The molecule has 0 heterocycles. The van der Waals surface area contributed by atoms with Crippen LogP contribution in [0, 0.1) is 0 Å². The van der Waals surface area contributed by atoms with Gasteiger partial charge in [0.2, 0.25) is 0 Å². The van der Waals surface area contributed by atoms with Crippen molar-refractivity contribution in [1.29, 1.82) is 0 Å². The average molecular weight is 276 g/mol. The van der Waals surface area contributed by atoms with Crippen LogP contribution in [0.1, 0.15) is 0 Å². The van der Waals surface area contributed by atoms with Crippen LogP contribution in [0.25, 0.3) is 10.4 Å². The van der Waals surface area contributed by atoms with Crippen LogP contribution in [-0.4, -0.2) is 69.5 Å². The molecule has 5 N–H and O–H groups in total. The summed E-state index contributed by atoms with van der Waals surface area (Å²) in [7, 11) is 0. The maximum atomic E-state index is 11.2. The van der Waals surface area contributed by atoms with Gasteiger partial charge in [-0.25, -0.2) is 0 Å². The number of amides is 1. The zero-order valence-electron chi connectivity index (χ0n) is 9.50. The van der Waals surface area contributed by atoms with Gasteiger partial charge in [-0.05, 0) is 5.53 Å². The molecule has 0 unspecified atom stereocenters. The van der Waals surface area contributed by atoms with E-state index in [4.69, 9.17) is 15.7 Å². The van der Waals surface area contributed by atoms with Gasteiger partial charge in [0.25, 0.3) is 5.91 Å². The first kappa shape index (κ1) is 16.8. The molecule has 19 heavy (non-hydrogen) atoms. The smallest absolute Gasteiger partial charge is 0.322 e. The van der Waals surface area contributed by atoms with E-state index in [1.54, 1.807) is 5.32 Å². The van der Waals surface area contributed by atoms with E-state index in [1.807, 2.05) is 0 Å². The molecule has 11 heteroatoms. The van der Waals surface area contributed by atoms with E-state index in [0.29, 0.717) is 0 Å². The first-order valence-electron chi connectivity index (χ1n) is 4.88. The number of hydrogen-bond donors (Lipinski definition) is 5. The zero-order chi connectivity index (χ0) is 15.0. The number of carboxylic acids is 1. The van der Waals surface area contributed by atoms with Crippen molar-refractivity contribution in [3.05, 3.63) is 10.4 Å². The van der Waals surface area contributed by atoms with Crippen molar-refractivity contribution in [3.63, 3.8) is 0 Å². The molecule has 0 aliphatic carbocycles. The summed E-state index contributed by atoms with van der Waals surface area (Å²) in [5.74, 6) is -3.75. The van der Waals surface area contributed by atoms with Gasteiger partial charge in [-0.1, -0.05) is 5.11 Å². The number of carboxylic acid groups (broad SMARTS) is 1. The fourth-order valence-corrected chi connectivity index (χ4v) is 1.07. The average Bonchev–Trinajstić information content (AvgIpc) is 2.39. The molecule has 106 valence electrons. The maximum Gasteiger partial charge on any atom is 0.322 e. The highest BCUT2D eigenvalue weighted by atomic mass is 16.4. The normalized spacial score (nSPS) is 14.7. The summed E-state index contributed by atoms with van der Waals surface area (Å²) in [5.41, 5.74) is 8.18. The summed E-state index contributed by atoms with van der Waals surface area (Å²) in [6, 6.07) is -1.86. The van der Waals surface area contributed by atoms with Gasteiger partial charge in [0, 0.05) is 4.91 Å². The molecule has 0 aliphatic rings. The number of nitrogens with one attached hydrogen (secondary N) is 1. The molecule has 0 radical (unpaired) electrons. The third kappa shape index (κ3) is 5.31. The lowest BCUT2D eigenvalue weighted by Crippen LogP contribution is -2.50. The number of aliphatic hydroxyl groups excluding tert-OH is 3. The van der Waals surface area contributed by atoms with Crippen LogP contribution >= 0.6 is 0 Å². The van der Waals surface area contributed by atoms with Crippen LogP contribution in [0.2, 0.25) is 0 Å². The number of carbonyl (C=O) groups excluding carboxylic acids is 2. The predicted molar refractivity (Wildman–Crippen MR) is 57.7 cm³/mol. The van der Waals surface area contributed by atoms with E-state index < -0.39 is 49.1 Å². The quantitative estimate of drug-likeness (QED) is 0.179. The van der Waals surface area contributed by atoms with Gasteiger partial charge in [-0.15, -0.1) is 0 Å². The molecule has 3 atom stereocenters. The number of carbonyl (C=O) groups is 3. The van der Waals surface area contributed by atoms with Gasteiger partial charge in [0.05, 0.1) is 0 Å². The molecule has 0 aromatic heterocycles. The molecule has 0 saturated carbocycles. The first-order valence-corrected chi connectivity index (χ1v) is 4.88. The van der Waals surface area contributed by atoms with E-state index >= 15 is 0 Å². The lowest BCUT2D eigenvalue weighted by molar-refractivity contribution is -0.143. The SMILES string of the molecule is [N-]=[N+]=N[C@@H](C(=O)CO)[C@H](O)[C@@H](O)C(=O)NCC(=O)O. The van der Waals surface area contributed by atoms with E-state index in [2.05, 4.69) is 10.0 Å². The Morgan fingerprint density at radius 1 is 1.32 bits per heavy atom. The van der Waals surface area contributed by atoms with Gasteiger partial charge in [0.1, 0.15) is 25.3 Å². The summed E-state index contributed by atoms with van der Waals surface area (Å²) < 4.78 is 0. The van der Waals surface area contributed by atoms with E-state index in [9.17, 15) is 24.6 Å². The Morgan fingerprint density at radius 2 is 1.89 bits per heavy atom. The molecule has 0 saturated heterocycles. The van der Waals surface area contributed by atoms with Crippen molar-refractivity contribution < 1.29 is 34.8 Å². The van der Waals surface area contributed by atoms with Crippen LogP contribution in [0.15, 0.2) is 5.11 Å². The molecule has 0 aromatic carbocycles. The zero-order valence-corrected chi connectivity index (χ0v) is 9.50. The Labute approximate surface area is 106 Å². The van der Waals surface area contributed by atoms with Crippen molar-refractivity contribution in [1.82, 2.24) is 5.32 Å². The Bertz CT molecular complexity index is 406. The second kappa shape index (κ2) is 8.00. The Balaban J connectivity index is 4.79. The summed E-state index contributed by atoms with van der Waals surface area (Å²) >= 11 is 0. The Hall–Kier alpha value is -2.20. The number of Topliss-reactive ketones (excluding diaryl/α,β-unsaturated/α-hetero) is 1. The van der Waals surface area contributed by atoms with E-state index in [0.717, 1.165) is 0 Å². The lowest BCUT2D eigenvalue weighted by atomic mass is 10.0. The van der Waals surface area contributed by atoms with E-state index in [-0.39, 0.29) is 0 Å².